The van der Waals surface area contributed by atoms with Gasteiger partial charge in [-0.25, -0.2) is 0 Å². The number of fused-ring (bicyclic) bond motifs is 7. The summed E-state index contributed by atoms with van der Waals surface area (Å²) in [5.41, 5.74) is 0.869. The van der Waals surface area contributed by atoms with Crippen LogP contribution in [0.3, 0.4) is 0 Å². The Hall–Kier alpha value is 0.360. The lowest BCUT2D eigenvalue weighted by Crippen LogP contribution is -2.58. The average molecular weight is 381 g/mol. The molecule has 3 saturated heterocycles. The molecule has 7 fully saturated rings. The minimum absolute atomic E-state index is 0.00670. The first-order valence-corrected chi connectivity index (χ1v) is 10.4. The van der Waals surface area contributed by atoms with Crippen molar-refractivity contribution in [1.29, 1.82) is 0 Å². The van der Waals surface area contributed by atoms with Crippen molar-refractivity contribution < 1.29 is 14.2 Å². The van der Waals surface area contributed by atoms with E-state index in [1.54, 1.807) is 0 Å². The SMILES string of the molecule is C[C@]12CC[C@H]3[C@@H](C[C@@H]4O[C@@]45CC4OC4C[C@]35C)[C@@H]1C[C@H]1O[C@]12Br. The number of hydrogen-bond donors (Lipinski definition) is 0. The van der Waals surface area contributed by atoms with Crippen LogP contribution in [0.15, 0.2) is 0 Å². The third-order valence-corrected chi connectivity index (χ3v) is 11.3. The maximum atomic E-state index is 6.48. The standard InChI is InChI=1S/C19H25BrO3/c1-16-4-3-10-9(11(16)6-15-19(16,20)23-15)5-14-18(22-14)8-13-12(21-13)7-17(10,18)2/h9-15H,3-8H2,1-2H3/t9-,10+,11+,12?,13?,14+,15-,16+,17-,18+,19-/m1/s1. The molecule has 126 valence electrons. The van der Waals surface area contributed by atoms with E-state index in [0.717, 1.165) is 17.8 Å². The Labute approximate surface area is 145 Å². The van der Waals surface area contributed by atoms with Gasteiger partial charge in [0.1, 0.15) is 5.60 Å². The van der Waals surface area contributed by atoms with Crippen LogP contribution in [0.25, 0.3) is 0 Å². The van der Waals surface area contributed by atoms with Gasteiger partial charge in [-0.05, 0) is 49.9 Å². The van der Waals surface area contributed by atoms with Gasteiger partial charge >= 0.3 is 0 Å². The molecule has 3 heterocycles. The molecule has 0 aromatic heterocycles. The molecule has 11 atom stereocenters. The Balaban J connectivity index is 1.31. The Morgan fingerprint density at radius 2 is 1.74 bits per heavy atom. The van der Waals surface area contributed by atoms with Crippen molar-refractivity contribution in [1.82, 2.24) is 0 Å². The van der Waals surface area contributed by atoms with E-state index >= 15 is 0 Å². The summed E-state index contributed by atoms with van der Waals surface area (Å²) >= 11 is 3.98. The normalized spacial score (nSPS) is 76.0. The van der Waals surface area contributed by atoms with Crippen molar-refractivity contribution >= 4 is 15.9 Å². The first kappa shape index (κ1) is 13.5. The van der Waals surface area contributed by atoms with Crippen LogP contribution in [0.5, 0.6) is 0 Å². The minimum atomic E-state index is 0.00670. The van der Waals surface area contributed by atoms with Gasteiger partial charge < -0.3 is 14.2 Å². The van der Waals surface area contributed by atoms with Crippen molar-refractivity contribution in [3.05, 3.63) is 0 Å². The van der Waals surface area contributed by atoms with Crippen LogP contribution < -0.4 is 0 Å². The summed E-state index contributed by atoms with van der Waals surface area (Å²) in [6.07, 6.45) is 9.72. The summed E-state index contributed by atoms with van der Waals surface area (Å²) < 4.78 is 18.5. The van der Waals surface area contributed by atoms with E-state index in [4.69, 9.17) is 14.2 Å². The first-order chi connectivity index (χ1) is 10.9. The maximum absolute atomic E-state index is 6.48. The van der Waals surface area contributed by atoms with E-state index in [0.29, 0.717) is 35.2 Å². The summed E-state index contributed by atoms with van der Waals surface area (Å²) in [5.74, 6) is 2.48. The van der Waals surface area contributed by atoms with Crippen molar-refractivity contribution in [3.63, 3.8) is 0 Å². The Bertz CT molecular complexity index is 640. The molecule has 4 heteroatoms. The highest BCUT2D eigenvalue weighted by Gasteiger charge is 2.82. The van der Waals surface area contributed by atoms with Gasteiger partial charge in [0.25, 0.3) is 0 Å². The van der Waals surface area contributed by atoms with E-state index in [1.807, 2.05) is 0 Å². The second-order valence-corrected chi connectivity index (χ2v) is 11.3. The summed E-state index contributed by atoms with van der Waals surface area (Å²) in [6.45, 7) is 5.05. The molecular weight excluding hydrogens is 356 g/mol. The minimum Gasteiger partial charge on any atom is -0.369 e. The lowest BCUT2D eigenvalue weighted by Gasteiger charge is -2.58. The highest BCUT2D eigenvalue weighted by Crippen LogP contribution is 2.79. The number of alkyl halides is 1. The summed E-state index contributed by atoms with van der Waals surface area (Å²) in [4.78, 5) is 0. The molecule has 0 aromatic carbocycles. The molecule has 7 aliphatic rings. The third kappa shape index (κ3) is 1.24. The van der Waals surface area contributed by atoms with Gasteiger partial charge in [0.2, 0.25) is 0 Å². The van der Waals surface area contributed by atoms with E-state index < -0.39 is 0 Å². The second kappa shape index (κ2) is 3.45. The zero-order valence-electron chi connectivity index (χ0n) is 13.9. The fraction of sp³-hybridized carbons (Fsp3) is 1.00. The van der Waals surface area contributed by atoms with Gasteiger partial charge in [-0.15, -0.1) is 0 Å². The fourth-order valence-corrected chi connectivity index (χ4v) is 9.11. The van der Waals surface area contributed by atoms with Crippen LogP contribution in [0.1, 0.15) is 52.4 Å². The molecule has 3 aliphatic heterocycles. The highest BCUT2D eigenvalue weighted by molar-refractivity contribution is 9.10. The van der Waals surface area contributed by atoms with E-state index in [2.05, 4.69) is 29.8 Å². The molecule has 2 unspecified atom stereocenters. The van der Waals surface area contributed by atoms with E-state index in [1.165, 1.54) is 38.5 Å². The number of ether oxygens (including phenoxy) is 3. The van der Waals surface area contributed by atoms with Crippen LogP contribution >= 0.6 is 15.9 Å². The van der Waals surface area contributed by atoms with Crippen LogP contribution in [0.2, 0.25) is 0 Å². The van der Waals surface area contributed by atoms with Gasteiger partial charge in [-0.3, -0.25) is 0 Å². The topological polar surface area (TPSA) is 37.6 Å². The summed E-state index contributed by atoms with van der Waals surface area (Å²) in [7, 11) is 0. The predicted molar refractivity (Wildman–Crippen MR) is 87.2 cm³/mol. The maximum Gasteiger partial charge on any atom is 0.154 e. The molecule has 3 nitrogen and oxygen atoms in total. The second-order valence-electron chi connectivity index (χ2n) is 10.1. The zero-order chi connectivity index (χ0) is 15.4. The number of epoxide rings is 3. The Kier molecular flexibility index (Phi) is 2.03. The number of halogens is 1. The monoisotopic (exact) mass is 380 g/mol. The fourth-order valence-electron chi connectivity index (χ4n) is 8.20. The lowest BCUT2D eigenvalue weighted by molar-refractivity contribution is -0.102. The molecule has 0 radical (unpaired) electrons. The third-order valence-electron chi connectivity index (χ3n) is 9.65. The molecule has 0 amide bonds. The smallest absolute Gasteiger partial charge is 0.154 e. The van der Waals surface area contributed by atoms with Crippen molar-refractivity contribution in [2.45, 2.75) is 86.9 Å². The van der Waals surface area contributed by atoms with Gasteiger partial charge in [-0.1, -0.05) is 29.8 Å². The largest absolute Gasteiger partial charge is 0.369 e. The predicted octanol–water partition coefficient (Wildman–Crippen LogP) is 3.64. The molecule has 7 rings (SSSR count). The van der Waals surface area contributed by atoms with Crippen LogP contribution in [0.4, 0.5) is 0 Å². The molecular formula is C19H25BrO3. The lowest BCUT2D eigenvalue weighted by atomic mass is 9.45. The van der Waals surface area contributed by atoms with Crippen LogP contribution in [-0.4, -0.2) is 34.5 Å². The molecule has 1 spiro atoms. The van der Waals surface area contributed by atoms with Crippen molar-refractivity contribution in [2.24, 2.45) is 28.6 Å². The number of hydrogen-bond acceptors (Lipinski definition) is 3. The van der Waals surface area contributed by atoms with Gasteiger partial charge in [-0.2, -0.15) is 0 Å². The van der Waals surface area contributed by atoms with E-state index in [9.17, 15) is 0 Å². The summed E-state index contributed by atoms with van der Waals surface area (Å²) in [5, 5.41) is 0. The Morgan fingerprint density at radius 1 is 0.913 bits per heavy atom. The molecule has 23 heavy (non-hydrogen) atoms. The summed E-state index contributed by atoms with van der Waals surface area (Å²) in [6, 6.07) is 0. The van der Waals surface area contributed by atoms with Gasteiger partial charge in [0, 0.05) is 17.3 Å². The number of rotatable bonds is 0. The zero-order valence-corrected chi connectivity index (χ0v) is 15.5. The molecule has 4 saturated carbocycles. The Morgan fingerprint density at radius 3 is 2.61 bits per heavy atom. The van der Waals surface area contributed by atoms with Gasteiger partial charge in [0.15, 0.2) is 4.51 Å². The molecule has 0 N–H and O–H groups in total. The first-order valence-electron chi connectivity index (χ1n) is 9.61. The van der Waals surface area contributed by atoms with Gasteiger partial charge in [0.05, 0.1) is 24.4 Å². The molecule has 0 bridgehead atoms. The van der Waals surface area contributed by atoms with Crippen molar-refractivity contribution in [3.8, 4) is 0 Å². The highest BCUT2D eigenvalue weighted by atomic mass is 79.9. The van der Waals surface area contributed by atoms with E-state index in [-0.39, 0.29) is 10.1 Å². The molecule has 4 aliphatic carbocycles. The van der Waals surface area contributed by atoms with Crippen LogP contribution in [-0.2, 0) is 14.2 Å². The molecule has 0 aromatic rings. The van der Waals surface area contributed by atoms with Crippen LogP contribution in [0, 0.1) is 28.6 Å². The van der Waals surface area contributed by atoms with Crippen molar-refractivity contribution in [2.75, 3.05) is 0 Å². The average Bonchev–Trinajstić information content (AvgIpc) is 3.41. The quantitative estimate of drug-likeness (QED) is 0.475.